The van der Waals surface area contributed by atoms with Crippen LogP contribution in [-0.4, -0.2) is 20.0 Å². The summed E-state index contributed by atoms with van der Waals surface area (Å²) in [6.07, 6.45) is 0. The highest BCUT2D eigenvalue weighted by Gasteiger charge is 1.94. The smallest absolute Gasteiger partial charge is 0.119 e. The molecule has 0 aromatic heterocycles. The summed E-state index contributed by atoms with van der Waals surface area (Å²) in [4.78, 5) is 1.23. The molecule has 1 aromatic rings. The molecular formula is C9H13NOS. The van der Waals surface area contributed by atoms with E-state index in [4.69, 9.17) is 4.74 Å². The third-order valence-corrected chi connectivity index (χ3v) is 2.44. The molecule has 12 heavy (non-hydrogen) atoms. The Morgan fingerprint density at radius 2 is 2.33 bits per heavy atom. The summed E-state index contributed by atoms with van der Waals surface area (Å²) < 4.78 is 5.10. The van der Waals surface area contributed by atoms with Crippen molar-refractivity contribution in [3.63, 3.8) is 0 Å². The van der Waals surface area contributed by atoms with Crippen LogP contribution in [0.3, 0.4) is 0 Å². The molecule has 0 aliphatic heterocycles. The number of rotatable bonds is 4. The van der Waals surface area contributed by atoms with E-state index in [2.05, 4.69) is 11.4 Å². The van der Waals surface area contributed by atoms with Crippen LogP contribution in [0.5, 0.6) is 5.75 Å². The molecule has 0 atom stereocenters. The third kappa shape index (κ3) is 2.75. The Hall–Kier alpha value is -0.670. The Labute approximate surface area is 77.3 Å². The van der Waals surface area contributed by atoms with E-state index in [1.54, 1.807) is 18.9 Å². The highest BCUT2D eigenvalue weighted by molar-refractivity contribution is 7.99. The van der Waals surface area contributed by atoms with E-state index in [1.165, 1.54) is 4.90 Å². The Morgan fingerprint density at radius 3 is 3.00 bits per heavy atom. The lowest BCUT2D eigenvalue weighted by atomic mass is 10.3. The van der Waals surface area contributed by atoms with Gasteiger partial charge in [-0.25, -0.2) is 0 Å². The van der Waals surface area contributed by atoms with E-state index >= 15 is 0 Å². The number of ether oxygens (including phenoxy) is 1. The number of hydrogen-bond acceptors (Lipinski definition) is 3. The maximum Gasteiger partial charge on any atom is 0.119 e. The maximum absolute atomic E-state index is 5.10. The average Bonchev–Trinajstić information content (AvgIpc) is 2.15. The van der Waals surface area contributed by atoms with Gasteiger partial charge in [0.25, 0.3) is 0 Å². The van der Waals surface area contributed by atoms with Gasteiger partial charge < -0.3 is 10.1 Å². The first-order valence-electron chi connectivity index (χ1n) is 3.78. The topological polar surface area (TPSA) is 21.3 Å². The standard InChI is InChI=1S/C9H13NOS/c1-10-7-12-9-5-3-4-8(6-9)11-2/h3-6,10H,7H2,1-2H3. The van der Waals surface area contributed by atoms with Crippen molar-refractivity contribution >= 4 is 11.8 Å². The first kappa shape index (κ1) is 9.42. The van der Waals surface area contributed by atoms with Crippen LogP contribution in [0, 0.1) is 0 Å². The monoisotopic (exact) mass is 183 g/mol. The second-order valence-electron chi connectivity index (χ2n) is 2.32. The molecule has 0 radical (unpaired) electrons. The van der Waals surface area contributed by atoms with E-state index in [0.29, 0.717) is 0 Å². The second kappa shape index (κ2) is 5.06. The van der Waals surface area contributed by atoms with Crippen molar-refractivity contribution in [2.45, 2.75) is 4.90 Å². The van der Waals surface area contributed by atoms with Crippen molar-refractivity contribution in [1.29, 1.82) is 0 Å². The summed E-state index contributed by atoms with van der Waals surface area (Å²) in [6.45, 7) is 0. The first-order valence-corrected chi connectivity index (χ1v) is 4.77. The Morgan fingerprint density at radius 1 is 1.50 bits per heavy atom. The fraction of sp³-hybridized carbons (Fsp3) is 0.333. The van der Waals surface area contributed by atoms with Crippen molar-refractivity contribution in [2.24, 2.45) is 0 Å². The van der Waals surface area contributed by atoms with E-state index in [-0.39, 0.29) is 0 Å². The number of methoxy groups -OCH3 is 1. The summed E-state index contributed by atoms with van der Waals surface area (Å²) in [5.74, 6) is 1.84. The fourth-order valence-electron chi connectivity index (χ4n) is 0.846. The number of nitrogens with one attached hydrogen (secondary N) is 1. The molecule has 0 spiro atoms. The molecule has 0 saturated carbocycles. The van der Waals surface area contributed by atoms with E-state index in [1.807, 2.05) is 25.2 Å². The summed E-state index contributed by atoms with van der Waals surface area (Å²) >= 11 is 1.76. The maximum atomic E-state index is 5.10. The molecule has 0 aliphatic carbocycles. The molecule has 0 bridgehead atoms. The van der Waals surface area contributed by atoms with Crippen molar-refractivity contribution in [1.82, 2.24) is 5.32 Å². The molecule has 0 aliphatic rings. The molecule has 3 heteroatoms. The minimum Gasteiger partial charge on any atom is -0.497 e. The molecule has 1 N–H and O–H groups in total. The predicted octanol–water partition coefficient (Wildman–Crippen LogP) is 1.96. The lowest BCUT2D eigenvalue weighted by molar-refractivity contribution is 0.413. The molecule has 2 nitrogen and oxygen atoms in total. The van der Waals surface area contributed by atoms with Gasteiger partial charge in [-0.15, -0.1) is 11.8 Å². The normalized spacial score (nSPS) is 9.83. The molecule has 0 fully saturated rings. The van der Waals surface area contributed by atoms with Gasteiger partial charge in [0, 0.05) is 10.8 Å². The zero-order valence-corrected chi connectivity index (χ0v) is 8.15. The van der Waals surface area contributed by atoms with Crippen LogP contribution in [0.2, 0.25) is 0 Å². The Kier molecular flexibility index (Phi) is 3.97. The molecule has 0 saturated heterocycles. The third-order valence-electron chi connectivity index (χ3n) is 1.42. The van der Waals surface area contributed by atoms with E-state index in [0.717, 1.165) is 11.6 Å². The van der Waals surface area contributed by atoms with Crippen LogP contribution in [0.1, 0.15) is 0 Å². The first-order chi connectivity index (χ1) is 5.86. The molecular weight excluding hydrogens is 170 g/mol. The lowest BCUT2D eigenvalue weighted by Gasteiger charge is -2.02. The Bertz CT molecular complexity index is 240. The largest absolute Gasteiger partial charge is 0.497 e. The van der Waals surface area contributed by atoms with Crippen LogP contribution in [0.4, 0.5) is 0 Å². The van der Waals surface area contributed by atoms with Crippen molar-refractivity contribution in [2.75, 3.05) is 20.0 Å². The summed E-state index contributed by atoms with van der Waals surface area (Å²) in [5.41, 5.74) is 0. The van der Waals surface area contributed by atoms with E-state index in [9.17, 15) is 0 Å². The average molecular weight is 183 g/mol. The van der Waals surface area contributed by atoms with Crippen LogP contribution in [0.15, 0.2) is 29.2 Å². The van der Waals surface area contributed by atoms with Crippen molar-refractivity contribution < 1.29 is 4.74 Å². The number of hydrogen-bond donors (Lipinski definition) is 1. The summed E-state index contributed by atoms with van der Waals surface area (Å²) in [6, 6.07) is 8.05. The fourth-order valence-corrected chi connectivity index (χ4v) is 1.53. The van der Waals surface area contributed by atoms with Gasteiger partial charge in [0.05, 0.1) is 7.11 Å². The highest BCUT2D eigenvalue weighted by atomic mass is 32.2. The molecule has 0 unspecified atom stereocenters. The van der Waals surface area contributed by atoms with Crippen molar-refractivity contribution in [3.05, 3.63) is 24.3 Å². The molecule has 66 valence electrons. The van der Waals surface area contributed by atoms with Gasteiger partial charge in [-0.2, -0.15) is 0 Å². The van der Waals surface area contributed by atoms with Crippen LogP contribution >= 0.6 is 11.8 Å². The van der Waals surface area contributed by atoms with Crippen LogP contribution in [0.25, 0.3) is 0 Å². The van der Waals surface area contributed by atoms with Gasteiger partial charge >= 0.3 is 0 Å². The van der Waals surface area contributed by atoms with Gasteiger partial charge in [-0.1, -0.05) is 6.07 Å². The molecule has 0 amide bonds. The number of thioether (sulfide) groups is 1. The zero-order chi connectivity index (χ0) is 8.81. The highest BCUT2D eigenvalue weighted by Crippen LogP contribution is 2.21. The van der Waals surface area contributed by atoms with Gasteiger partial charge in [-0.3, -0.25) is 0 Å². The summed E-state index contributed by atoms with van der Waals surface area (Å²) in [7, 11) is 3.62. The van der Waals surface area contributed by atoms with Gasteiger partial charge in [-0.05, 0) is 25.2 Å². The molecule has 1 aromatic carbocycles. The van der Waals surface area contributed by atoms with Crippen molar-refractivity contribution in [3.8, 4) is 5.75 Å². The van der Waals surface area contributed by atoms with Crippen LogP contribution < -0.4 is 10.1 Å². The quantitative estimate of drug-likeness (QED) is 0.569. The lowest BCUT2D eigenvalue weighted by Crippen LogP contribution is -2.02. The second-order valence-corrected chi connectivity index (χ2v) is 3.37. The molecule has 1 rings (SSSR count). The summed E-state index contributed by atoms with van der Waals surface area (Å²) in [5, 5.41) is 3.08. The zero-order valence-electron chi connectivity index (χ0n) is 7.33. The van der Waals surface area contributed by atoms with Crippen LogP contribution in [-0.2, 0) is 0 Å². The van der Waals surface area contributed by atoms with Gasteiger partial charge in [0.1, 0.15) is 5.75 Å². The Balaban J connectivity index is 2.60. The number of benzene rings is 1. The minimum absolute atomic E-state index is 0.913. The predicted molar refractivity (Wildman–Crippen MR) is 52.8 cm³/mol. The van der Waals surface area contributed by atoms with Gasteiger partial charge in [0.2, 0.25) is 0 Å². The van der Waals surface area contributed by atoms with Gasteiger partial charge in [0.15, 0.2) is 0 Å². The van der Waals surface area contributed by atoms with E-state index < -0.39 is 0 Å². The molecule has 0 heterocycles. The minimum atomic E-state index is 0.913. The SMILES string of the molecule is CNCSc1cccc(OC)c1.